The van der Waals surface area contributed by atoms with Crippen LogP contribution in [0.3, 0.4) is 0 Å². The van der Waals surface area contributed by atoms with Crippen molar-refractivity contribution < 1.29 is 0 Å². The number of thiophene rings is 1. The van der Waals surface area contributed by atoms with Crippen molar-refractivity contribution in [1.29, 1.82) is 5.26 Å². The van der Waals surface area contributed by atoms with Crippen molar-refractivity contribution in [2.75, 3.05) is 0 Å². The Morgan fingerprint density at radius 1 is 0.351 bits per heavy atom. The zero-order valence-corrected chi connectivity index (χ0v) is 31.5. The van der Waals surface area contributed by atoms with Gasteiger partial charge in [-0.05, 0) is 151 Å². The van der Waals surface area contributed by atoms with E-state index in [1.54, 1.807) is 11.3 Å². The highest BCUT2D eigenvalue weighted by Gasteiger charge is 2.17. The van der Waals surface area contributed by atoms with Gasteiger partial charge in [-0.2, -0.15) is 5.26 Å². The maximum atomic E-state index is 9.54. The summed E-state index contributed by atoms with van der Waals surface area (Å²) >= 11 is 1.77. The van der Waals surface area contributed by atoms with Gasteiger partial charge in [0, 0.05) is 43.7 Å². The lowest BCUT2D eigenvalue weighted by atomic mass is 9.86. The van der Waals surface area contributed by atoms with E-state index < -0.39 is 0 Å². The molecule has 11 rings (SSSR count). The van der Waals surface area contributed by atoms with Crippen LogP contribution in [-0.4, -0.2) is 9.97 Å². The van der Waals surface area contributed by atoms with Crippen LogP contribution in [0.1, 0.15) is 5.56 Å². The molecule has 3 nitrogen and oxygen atoms in total. The first-order valence-electron chi connectivity index (χ1n) is 19.0. The molecule has 11 aromatic rings. The Kier molecular flexibility index (Phi) is 7.74. The molecule has 0 amide bonds. The lowest BCUT2D eigenvalue weighted by Crippen LogP contribution is -1.92. The van der Waals surface area contributed by atoms with Crippen LogP contribution in [0.25, 0.3) is 108 Å². The van der Waals surface area contributed by atoms with E-state index in [-0.39, 0.29) is 0 Å². The summed E-state index contributed by atoms with van der Waals surface area (Å²) in [6.07, 6.45) is 3.70. The molecular weight excluding hydrogens is 711 g/mol. The van der Waals surface area contributed by atoms with Gasteiger partial charge >= 0.3 is 0 Å². The number of rotatable bonds is 5. The molecule has 0 radical (unpaired) electrons. The zero-order chi connectivity index (χ0) is 37.9. The van der Waals surface area contributed by atoms with Crippen LogP contribution >= 0.6 is 11.3 Å². The van der Waals surface area contributed by atoms with Gasteiger partial charge in [0.1, 0.15) is 0 Å². The summed E-state index contributed by atoms with van der Waals surface area (Å²) in [4.78, 5) is 9.46. The zero-order valence-electron chi connectivity index (χ0n) is 30.6. The van der Waals surface area contributed by atoms with Crippen molar-refractivity contribution in [2.24, 2.45) is 0 Å². The van der Waals surface area contributed by atoms with Gasteiger partial charge in [0.2, 0.25) is 0 Å². The van der Waals surface area contributed by atoms with Gasteiger partial charge in [-0.3, -0.25) is 9.97 Å². The first-order valence-corrected chi connectivity index (χ1v) is 19.8. The molecule has 0 saturated heterocycles. The Morgan fingerprint density at radius 3 is 1.42 bits per heavy atom. The fourth-order valence-electron chi connectivity index (χ4n) is 8.44. The number of hydrogen-bond acceptors (Lipinski definition) is 4. The molecule has 0 atom stereocenters. The van der Waals surface area contributed by atoms with Crippen LogP contribution in [0.4, 0.5) is 0 Å². The van der Waals surface area contributed by atoms with Crippen LogP contribution in [0.5, 0.6) is 0 Å². The second-order valence-corrected chi connectivity index (χ2v) is 15.6. The quantitative estimate of drug-likeness (QED) is 0.165. The molecule has 0 aliphatic carbocycles. The number of fused-ring (bicyclic) bond motifs is 8. The summed E-state index contributed by atoms with van der Waals surface area (Å²) in [6.45, 7) is 0. The molecule has 8 aromatic carbocycles. The van der Waals surface area contributed by atoms with Gasteiger partial charge in [-0.15, -0.1) is 11.3 Å². The van der Waals surface area contributed by atoms with Crippen molar-refractivity contribution in [3.8, 4) is 62.0 Å². The highest BCUT2D eigenvalue weighted by molar-refractivity contribution is 7.25. The van der Waals surface area contributed by atoms with Crippen LogP contribution in [0.15, 0.2) is 188 Å². The van der Waals surface area contributed by atoms with E-state index in [9.17, 15) is 5.26 Å². The van der Waals surface area contributed by atoms with E-state index in [0.717, 1.165) is 44.6 Å². The van der Waals surface area contributed by atoms with Crippen LogP contribution in [-0.2, 0) is 0 Å². The Morgan fingerprint density at radius 2 is 0.842 bits per heavy atom. The summed E-state index contributed by atoms with van der Waals surface area (Å²) in [7, 11) is 0. The molecule has 264 valence electrons. The van der Waals surface area contributed by atoms with E-state index >= 15 is 0 Å². The van der Waals surface area contributed by atoms with Gasteiger partial charge in [0.25, 0.3) is 0 Å². The van der Waals surface area contributed by atoms with Gasteiger partial charge in [-0.25, -0.2) is 0 Å². The third-order valence-electron chi connectivity index (χ3n) is 11.2. The monoisotopic (exact) mass is 741 g/mol. The minimum absolute atomic E-state index is 0.688. The fourth-order valence-corrected chi connectivity index (χ4v) is 9.51. The Labute approximate surface area is 333 Å². The molecule has 0 saturated carbocycles. The van der Waals surface area contributed by atoms with Crippen LogP contribution < -0.4 is 0 Å². The maximum Gasteiger partial charge on any atom is 0.0991 e. The number of aromatic nitrogens is 2. The molecule has 3 heterocycles. The number of hydrogen-bond donors (Lipinski definition) is 0. The first-order chi connectivity index (χ1) is 28.2. The van der Waals surface area contributed by atoms with Gasteiger partial charge in [0.15, 0.2) is 0 Å². The van der Waals surface area contributed by atoms with Crippen molar-refractivity contribution in [3.05, 3.63) is 194 Å². The minimum Gasteiger partial charge on any atom is -0.256 e. The molecule has 3 aromatic heterocycles. The summed E-state index contributed by atoms with van der Waals surface area (Å²) in [6, 6.07) is 65.1. The van der Waals surface area contributed by atoms with E-state index in [1.165, 1.54) is 63.8 Å². The topological polar surface area (TPSA) is 49.6 Å². The van der Waals surface area contributed by atoms with Crippen LogP contribution in [0, 0.1) is 11.3 Å². The molecule has 57 heavy (non-hydrogen) atoms. The summed E-state index contributed by atoms with van der Waals surface area (Å²) in [5.74, 6) is 0. The van der Waals surface area contributed by atoms with Gasteiger partial charge < -0.3 is 0 Å². The van der Waals surface area contributed by atoms with E-state index in [2.05, 4.69) is 146 Å². The van der Waals surface area contributed by atoms with Gasteiger partial charge in [-0.1, -0.05) is 91.0 Å². The largest absolute Gasteiger partial charge is 0.256 e. The van der Waals surface area contributed by atoms with Crippen LogP contribution in [0.2, 0.25) is 0 Å². The van der Waals surface area contributed by atoms with Crippen molar-refractivity contribution in [2.45, 2.75) is 0 Å². The van der Waals surface area contributed by atoms with E-state index in [0.29, 0.717) is 5.56 Å². The molecule has 0 fully saturated rings. The van der Waals surface area contributed by atoms with E-state index in [4.69, 9.17) is 9.97 Å². The highest BCUT2D eigenvalue weighted by atomic mass is 32.1. The molecular formula is C53H31N3S. The predicted molar refractivity (Wildman–Crippen MR) is 239 cm³/mol. The molecule has 0 unspecified atom stereocenters. The normalized spacial score (nSPS) is 11.5. The molecule has 0 spiro atoms. The molecule has 0 aliphatic heterocycles. The number of pyridine rings is 2. The summed E-state index contributed by atoms with van der Waals surface area (Å²) in [5.41, 5.74) is 11.7. The van der Waals surface area contributed by atoms with E-state index in [1.807, 2.05) is 48.8 Å². The summed E-state index contributed by atoms with van der Waals surface area (Å²) < 4.78 is 2.43. The lowest BCUT2D eigenvalue weighted by Gasteiger charge is -2.17. The first kappa shape index (κ1) is 32.9. The smallest absolute Gasteiger partial charge is 0.0991 e. The van der Waals surface area contributed by atoms with Gasteiger partial charge in [0.05, 0.1) is 23.0 Å². The fraction of sp³-hybridized carbons (Fsp3) is 0. The number of nitrogens with zero attached hydrogens (tertiary/aromatic N) is 3. The van der Waals surface area contributed by atoms with Crippen molar-refractivity contribution in [3.63, 3.8) is 0 Å². The predicted octanol–water partition coefficient (Wildman–Crippen LogP) is 14.5. The molecule has 0 bridgehead atoms. The summed E-state index contributed by atoms with van der Waals surface area (Å²) in [5, 5.41) is 19.2. The lowest BCUT2D eigenvalue weighted by molar-refractivity contribution is 1.31. The third kappa shape index (κ3) is 5.64. The Hall–Kier alpha value is -7.45. The Balaban J connectivity index is 1.07. The number of benzene rings is 8. The SMILES string of the molecule is N#Cc1ccc2sc3ccc(-c4ccc(-c5cc6c7ccccc7c(-c7cc(-c8ccccn8)cc(-c8ccccn8)c7)cc6c6ccccc56)cc4)cc3c2c1. The molecule has 4 heteroatoms. The molecule has 0 aliphatic rings. The second-order valence-electron chi connectivity index (χ2n) is 14.5. The standard InChI is InChI=1S/C53H31N3S/c54-32-33-15-21-52-48(25-33)49-29-36(20-22-53(49)57-52)34-16-18-35(19-17-34)44-30-46-43-12-4-2-10-41(43)45(31-47(46)42-11-3-1-9-40(42)44)37-26-38(50-13-5-7-23-55-50)28-39(27-37)51-14-6-8-24-56-51/h1-31H. The average molecular weight is 742 g/mol. The third-order valence-corrected chi connectivity index (χ3v) is 12.3. The maximum absolute atomic E-state index is 9.54. The minimum atomic E-state index is 0.688. The van der Waals surface area contributed by atoms with Crippen molar-refractivity contribution >= 4 is 63.8 Å². The molecule has 0 N–H and O–H groups in total. The average Bonchev–Trinajstić information content (AvgIpc) is 3.66. The number of nitriles is 1. The van der Waals surface area contributed by atoms with Crippen molar-refractivity contribution in [1.82, 2.24) is 9.97 Å². The second kappa shape index (κ2) is 13.4. The highest BCUT2D eigenvalue weighted by Crippen LogP contribution is 2.44. The Bertz CT molecular complexity index is 3340.